The number of hydrogen-bond acceptors (Lipinski definition) is 5. The van der Waals surface area contributed by atoms with Gasteiger partial charge in [0.25, 0.3) is 0 Å². The fraction of sp³-hybridized carbons (Fsp3) is 0.714. The summed E-state index contributed by atoms with van der Waals surface area (Å²) >= 11 is 7.26. The minimum atomic E-state index is -1.06. The number of thiol groups is 2. The van der Waals surface area contributed by atoms with Gasteiger partial charge < -0.3 is 15.5 Å². The Hall–Kier alpha value is -0.400. The van der Waals surface area contributed by atoms with Crippen molar-refractivity contribution in [2.75, 3.05) is 5.75 Å². The molecular weight excluding hydrogens is 226 g/mol. The molecule has 14 heavy (non-hydrogen) atoms. The van der Waals surface area contributed by atoms with E-state index in [0.717, 1.165) is 0 Å². The smallest absolute Gasteiger partial charge is 0.327 e. The molecule has 5 nitrogen and oxygen atoms in total. The fourth-order valence-electron chi connectivity index (χ4n) is 0.431. The van der Waals surface area contributed by atoms with E-state index in [4.69, 9.17) is 10.2 Å². The van der Waals surface area contributed by atoms with Gasteiger partial charge in [0.1, 0.15) is 6.04 Å². The molecule has 0 fully saturated rings. The Bertz CT molecular complexity index is 184. The first-order chi connectivity index (χ1) is 6.31. The van der Waals surface area contributed by atoms with Crippen LogP contribution in [0.5, 0.6) is 0 Å². The van der Waals surface area contributed by atoms with Crippen LogP contribution in [0, 0.1) is 0 Å². The van der Waals surface area contributed by atoms with Gasteiger partial charge in [0.15, 0.2) is 0 Å². The van der Waals surface area contributed by atoms with Crippen LogP contribution in [0.1, 0.15) is 13.8 Å². The number of aliphatic hydroxyl groups excluding tert-OH is 1. The maximum atomic E-state index is 10.3. The third-order valence-corrected chi connectivity index (χ3v) is 1.22. The van der Waals surface area contributed by atoms with Crippen LogP contribution in [0.15, 0.2) is 0 Å². The number of hydrogen-bond donors (Lipinski definition) is 5. The molecule has 0 rings (SSSR count). The third-order valence-electron chi connectivity index (χ3n) is 0.858. The molecule has 0 saturated carbocycles. The van der Waals surface area contributed by atoms with E-state index in [1.807, 2.05) is 0 Å². The zero-order chi connectivity index (χ0) is 11.7. The van der Waals surface area contributed by atoms with Gasteiger partial charge in [-0.05, 0) is 6.92 Å². The van der Waals surface area contributed by atoms with Crippen molar-refractivity contribution in [3.63, 3.8) is 0 Å². The first-order valence-corrected chi connectivity index (χ1v) is 4.93. The lowest BCUT2D eigenvalue weighted by Crippen LogP contribution is -2.40. The Balaban J connectivity index is 0. The highest BCUT2D eigenvalue weighted by Crippen LogP contribution is 1.86. The molecule has 0 saturated heterocycles. The lowest BCUT2D eigenvalue weighted by atomic mass is 10.3. The van der Waals surface area contributed by atoms with Crippen molar-refractivity contribution in [3.05, 3.63) is 0 Å². The molecular formula is C7H15NO4S2. The Kier molecular flexibility index (Phi) is 10.5. The molecule has 0 bridgehead atoms. The van der Waals surface area contributed by atoms with Crippen LogP contribution in [0.4, 0.5) is 0 Å². The van der Waals surface area contributed by atoms with Gasteiger partial charge in [0, 0.05) is 12.7 Å². The van der Waals surface area contributed by atoms with Gasteiger partial charge in [0.05, 0.1) is 5.44 Å². The largest absolute Gasteiger partial charge is 0.480 e. The van der Waals surface area contributed by atoms with Crippen LogP contribution >= 0.6 is 25.3 Å². The summed E-state index contributed by atoms with van der Waals surface area (Å²) in [6, 6.07) is -0.874. The monoisotopic (exact) mass is 241 g/mol. The number of carbonyl (C=O) groups is 2. The molecule has 0 aliphatic heterocycles. The Labute approximate surface area is 93.7 Å². The molecule has 0 spiro atoms. The molecule has 2 unspecified atom stereocenters. The van der Waals surface area contributed by atoms with Crippen LogP contribution in [-0.2, 0) is 9.59 Å². The second kappa shape index (κ2) is 9.17. The van der Waals surface area contributed by atoms with Crippen molar-refractivity contribution >= 4 is 37.1 Å². The summed E-state index contributed by atoms with van der Waals surface area (Å²) in [7, 11) is 0. The lowest BCUT2D eigenvalue weighted by Gasteiger charge is -2.08. The highest BCUT2D eigenvalue weighted by Gasteiger charge is 2.15. The minimum Gasteiger partial charge on any atom is -0.480 e. The SMILES string of the molecule is CC(=O)NC(CS)C(=O)O.CC(O)S. The second-order valence-electron chi connectivity index (χ2n) is 2.41. The van der Waals surface area contributed by atoms with Crippen LogP contribution in [-0.4, -0.2) is 39.3 Å². The molecule has 0 aliphatic rings. The quantitative estimate of drug-likeness (QED) is 0.349. The number of carbonyl (C=O) groups excluding carboxylic acids is 1. The maximum Gasteiger partial charge on any atom is 0.327 e. The van der Waals surface area contributed by atoms with Gasteiger partial charge in [0.2, 0.25) is 5.91 Å². The molecule has 3 N–H and O–H groups in total. The van der Waals surface area contributed by atoms with Crippen molar-refractivity contribution in [1.29, 1.82) is 0 Å². The Morgan fingerprint density at radius 2 is 1.86 bits per heavy atom. The van der Waals surface area contributed by atoms with E-state index in [1.165, 1.54) is 6.92 Å². The molecule has 1 amide bonds. The van der Waals surface area contributed by atoms with Crippen molar-refractivity contribution < 1.29 is 19.8 Å². The summed E-state index contributed by atoms with van der Waals surface area (Å²) in [4.78, 5) is 20.5. The molecule has 0 aromatic rings. The summed E-state index contributed by atoms with van der Waals surface area (Å²) in [5.41, 5.74) is -0.472. The average Bonchev–Trinajstić information content (AvgIpc) is 1.98. The molecule has 0 heterocycles. The molecule has 84 valence electrons. The van der Waals surface area contributed by atoms with Gasteiger partial charge in [-0.1, -0.05) is 0 Å². The third kappa shape index (κ3) is 14.1. The van der Waals surface area contributed by atoms with Crippen molar-refractivity contribution in [2.24, 2.45) is 0 Å². The predicted molar refractivity (Wildman–Crippen MR) is 59.8 cm³/mol. The second-order valence-corrected chi connectivity index (χ2v) is 3.52. The van der Waals surface area contributed by atoms with Crippen LogP contribution in [0.3, 0.4) is 0 Å². The molecule has 2 atom stereocenters. The number of aliphatic hydroxyl groups is 1. The fourth-order valence-corrected chi connectivity index (χ4v) is 0.678. The highest BCUT2D eigenvalue weighted by molar-refractivity contribution is 7.80. The number of carboxylic acids is 1. The minimum absolute atomic E-state index is 0.106. The molecule has 0 aromatic carbocycles. The first kappa shape index (κ1) is 16.0. The molecule has 0 aromatic heterocycles. The number of carboxylic acid groups (broad SMARTS) is 1. The van der Waals surface area contributed by atoms with Crippen molar-refractivity contribution in [2.45, 2.75) is 25.3 Å². The van der Waals surface area contributed by atoms with Crippen LogP contribution < -0.4 is 5.32 Å². The summed E-state index contributed by atoms with van der Waals surface area (Å²) in [5.74, 6) is -1.32. The molecule has 0 radical (unpaired) electrons. The number of aliphatic carboxylic acids is 1. The number of nitrogens with one attached hydrogen (secondary N) is 1. The van der Waals surface area contributed by atoms with E-state index in [1.54, 1.807) is 6.92 Å². The summed E-state index contributed by atoms with van der Waals surface area (Å²) in [5, 5.41) is 18.5. The van der Waals surface area contributed by atoms with E-state index in [2.05, 4.69) is 30.6 Å². The van der Waals surface area contributed by atoms with Gasteiger partial charge >= 0.3 is 5.97 Å². The van der Waals surface area contributed by atoms with E-state index in [0.29, 0.717) is 0 Å². The lowest BCUT2D eigenvalue weighted by molar-refractivity contribution is -0.140. The highest BCUT2D eigenvalue weighted by atomic mass is 32.1. The number of amides is 1. The average molecular weight is 241 g/mol. The summed E-state index contributed by atoms with van der Waals surface area (Å²) in [6.07, 6.45) is 0. The zero-order valence-electron chi connectivity index (χ0n) is 7.97. The first-order valence-electron chi connectivity index (χ1n) is 3.78. The van der Waals surface area contributed by atoms with E-state index >= 15 is 0 Å². The molecule has 0 aliphatic carbocycles. The normalized spacial score (nSPS) is 13.2. The summed E-state index contributed by atoms with van der Waals surface area (Å²) < 4.78 is 0. The van der Waals surface area contributed by atoms with Crippen molar-refractivity contribution in [1.82, 2.24) is 5.32 Å². The van der Waals surface area contributed by atoms with E-state index < -0.39 is 17.4 Å². The maximum absolute atomic E-state index is 10.3. The Morgan fingerprint density at radius 1 is 1.50 bits per heavy atom. The standard InChI is InChI=1S/C5H9NO3S.C2H6OS/c1-3(7)6-4(2-10)5(8)9;1-2(3)4/h4,10H,2H2,1H3,(H,6,7)(H,8,9);2-4H,1H3. The van der Waals surface area contributed by atoms with E-state index in [-0.39, 0.29) is 11.7 Å². The van der Waals surface area contributed by atoms with Gasteiger partial charge in [-0.3, -0.25) is 4.79 Å². The topological polar surface area (TPSA) is 86.6 Å². The molecule has 7 heteroatoms. The van der Waals surface area contributed by atoms with Crippen molar-refractivity contribution in [3.8, 4) is 0 Å². The number of rotatable bonds is 3. The summed E-state index contributed by atoms with van der Waals surface area (Å²) in [6.45, 7) is 2.85. The van der Waals surface area contributed by atoms with Gasteiger partial charge in [-0.2, -0.15) is 12.6 Å². The van der Waals surface area contributed by atoms with Crippen LogP contribution in [0.25, 0.3) is 0 Å². The van der Waals surface area contributed by atoms with Gasteiger partial charge in [-0.15, -0.1) is 12.6 Å². The zero-order valence-corrected chi connectivity index (χ0v) is 9.76. The van der Waals surface area contributed by atoms with Gasteiger partial charge in [-0.25, -0.2) is 4.79 Å². The van der Waals surface area contributed by atoms with Crippen LogP contribution in [0.2, 0.25) is 0 Å². The van der Waals surface area contributed by atoms with E-state index in [9.17, 15) is 9.59 Å². The Morgan fingerprint density at radius 3 is 1.93 bits per heavy atom. The predicted octanol–water partition coefficient (Wildman–Crippen LogP) is -0.240.